The molecule has 0 atom stereocenters. The third kappa shape index (κ3) is 3.36. The standard InChI is InChI=1S/C15H13BF2O4/c1-20-10-7-8-12(14(9-10)22-16(17)18)15(19)11-5-3-4-6-13(11)21-2/h3-9H,1-2H3. The van der Waals surface area contributed by atoms with E-state index in [0.717, 1.165) is 0 Å². The average Bonchev–Trinajstić information content (AvgIpc) is 2.53. The first-order valence-corrected chi connectivity index (χ1v) is 6.37. The number of rotatable bonds is 6. The Morgan fingerprint density at radius 3 is 2.27 bits per heavy atom. The Kier molecular flexibility index (Phi) is 4.98. The Morgan fingerprint density at radius 2 is 1.64 bits per heavy atom. The van der Waals surface area contributed by atoms with E-state index in [-0.39, 0.29) is 16.9 Å². The first-order valence-electron chi connectivity index (χ1n) is 6.37. The van der Waals surface area contributed by atoms with E-state index in [1.807, 2.05) is 0 Å². The molecule has 0 radical (unpaired) electrons. The third-order valence-electron chi connectivity index (χ3n) is 3.00. The zero-order chi connectivity index (χ0) is 16.1. The molecule has 2 aromatic rings. The van der Waals surface area contributed by atoms with Crippen LogP contribution in [0.15, 0.2) is 42.5 Å². The minimum Gasteiger partial charge on any atom is -0.504 e. The molecule has 0 aliphatic heterocycles. The van der Waals surface area contributed by atoms with Gasteiger partial charge >= 0.3 is 7.47 Å². The highest BCUT2D eigenvalue weighted by Crippen LogP contribution is 2.30. The molecule has 2 aromatic carbocycles. The molecular weight excluding hydrogens is 293 g/mol. The molecule has 22 heavy (non-hydrogen) atoms. The summed E-state index contributed by atoms with van der Waals surface area (Å²) in [6.07, 6.45) is 0. The van der Waals surface area contributed by atoms with E-state index in [2.05, 4.69) is 4.65 Å². The topological polar surface area (TPSA) is 44.8 Å². The summed E-state index contributed by atoms with van der Waals surface area (Å²) in [6, 6.07) is 10.7. The number of para-hydroxylation sites is 1. The lowest BCUT2D eigenvalue weighted by Gasteiger charge is -2.12. The van der Waals surface area contributed by atoms with E-state index in [1.54, 1.807) is 24.3 Å². The highest BCUT2D eigenvalue weighted by atomic mass is 19.2. The van der Waals surface area contributed by atoms with E-state index in [9.17, 15) is 13.4 Å². The lowest BCUT2D eigenvalue weighted by molar-refractivity contribution is 0.103. The second kappa shape index (κ2) is 6.93. The van der Waals surface area contributed by atoms with Crippen molar-refractivity contribution in [3.05, 3.63) is 53.6 Å². The van der Waals surface area contributed by atoms with E-state index in [4.69, 9.17) is 9.47 Å². The van der Waals surface area contributed by atoms with Crippen LogP contribution in [0.5, 0.6) is 17.2 Å². The number of benzene rings is 2. The Hall–Kier alpha value is -2.57. The Morgan fingerprint density at radius 1 is 0.955 bits per heavy atom. The normalized spacial score (nSPS) is 10.0. The van der Waals surface area contributed by atoms with Crippen molar-refractivity contribution in [2.75, 3.05) is 14.2 Å². The van der Waals surface area contributed by atoms with Gasteiger partial charge in [-0.1, -0.05) is 12.1 Å². The summed E-state index contributed by atoms with van der Waals surface area (Å²) in [4.78, 5) is 12.6. The molecule has 0 heterocycles. The third-order valence-corrected chi connectivity index (χ3v) is 3.00. The Labute approximate surface area is 126 Å². The molecule has 114 valence electrons. The molecule has 0 aromatic heterocycles. The number of methoxy groups -OCH3 is 2. The van der Waals surface area contributed by atoms with Crippen LogP contribution in [-0.4, -0.2) is 27.5 Å². The maximum Gasteiger partial charge on any atom is 0.796 e. The molecule has 0 N–H and O–H groups in total. The molecule has 0 bridgehead atoms. The van der Waals surface area contributed by atoms with Gasteiger partial charge in [-0.25, -0.2) is 8.63 Å². The smallest absolute Gasteiger partial charge is 0.504 e. The van der Waals surface area contributed by atoms with Crippen LogP contribution in [-0.2, 0) is 0 Å². The van der Waals surface area contributed by atoms with Crippen molar-refractivity contribution >= 4 is 13.3 Å². The van der Waals surface area contributed by atoms with Crippen LogP contribution in [0.4, 0.5) is 8.63 Å². The Bertz CT molecular complexity index is 676. The molecular formula is C15H13BF2O4. The molecule has 0 aliphatic rings. The molecule has 0 saturated carbocycles. The van der Waals surface area contributed by atoms with Crippen molar-refractivity contribution in [2.24, 2.45) is 0 Å². The molecule has 0 fully saturated rings. The van der Waals surface area contributed by atoms with Crippen molar-refractivity contribution in [1.82, 2.24) is 0 Å². The SMILES string of the molecule is COc1ccc(C(=O)c2ccccc2OC)c(OB(F)F)c1. The molecule has 0 spiro atoms. The lowest BCUT2D eigenvalue weighted by Crippen LogP contribution is -2.13. The molecule has 0 aliphatic carbocycles. The number of carbonyl (C=O) groups excluding carboxylic acids is 1. The minimum absolute atomic E-state index is 0.00519. The van der Waals surface area contributed by atoms with Crippen LogP contribution in [0.1, 0.15) is 15.9 Å². The number of ether oxygens (including phenoxy) is 2. The summed E-state index contributed by atoms with van der Waals surface area (Å²) in [6.45, 7) is 0. The van der Waals surface area contributed by atoms with E-state index < -0.39 is 13.3 Å². The van der Waals surface area contributed by atoms with Crippen LogP contribution in [0, 0.1) is 0 Å². The number of halogens is 2. The highest BCUT2D eigenvalue weighted by molar-refractivity contribution is 6.35. The van der Waals surface area contributed by atoms with Crippen molar-refractivity contribution in [1.29, 1.82) is 0 Å². The predicted octanol–water partition coefficient (Wildman–Crippen LogP) is 3.24. The number of ketones is 1. The van der Waals surface area contributed by atoms with Crippen LogP contribution < -0.4 is 14.1 Å². The van der Waals surface area contributed by atoms with Gasteiger partial charge in [-0.05, 0) is 24.3 Å². The maximum atomic E-state index is 12.6. The number of carbonyl (C=O) groups is 1. The summed E-state index contributed by atoms with van der Waals surface area (Å²) in [5.74, 6) is -0.0560. The molecule has 0 unspecified atom stereocenters. The van der Waals surface area contributed by atoms with E-state index in [0.29, 0.717) is 11.5 Å². The second-order valence-electron chi connectivity index (χ2n) is 4.27. The summed E-state index contributed by atoms with van der Waals surface area (Å²) >= 11 is 0. The lowest BCUT2D eigenvalue weighted by atomic mass is 10.0. The van der Waals surface area contributed by atoms with Crippen molar-refractivity contribution in [3.8, 4) is 17.2 Å². The molecule has 2 rings (SSSR count). The second-order valence-corrected chi connectivity index (χ2v) is 4.27. The van der Waals surface area contributed by atoms with Gasteiger partial charge in [0, 0.05) is 6.07 Å². The average molecular weight is 306 g/mol. The van der Waals surface area contributed by atoms with Gasteiger partial charge < -0.3 is 14.1 Å². The van der Waals surface area contributed by atoms with Gasteiger partial charge in [0.05, 0.1) is 25.3 Å². The number of hydrogen-bond donors (Lipinski definition) is 0. The molecule has 7 heteroatoms. The van der Waals surface area contributed by atoms with Gasteiger partial charge in [0.25, 0.3) is 0 Å². The van der Waals surface area contributed by atoms with Gasteiger partial charge in [0.1, 0.15) is 17.2 Å². The predicted molar refractivity (Wildman–Crippen MR) is 78.0 cm³/mol. The molecule has 0 amide bonds. The first kappa shape index (κ1) is 15.8. The summed E-state index contributed by atoms with van der Waals surface area (Å²) in [5.41, 5.74) is 0.264. The molecule has 4 nitrogen and oxygen atoms in total. The van der Waals surface area contributed by atoms with Crippen molar-refractivity contribution in [2.45, 2.75) is 0 Å². The van der Waals surface area contributed by atoms with Crippen molar-refractivity contribution < 1.29 is 27.6 Å². The van der Waals surface area contributed by atoms with Gasteiger partial charge in [0.15, 0.2) is 5.78 Å². The Balaban J connectivity index is 2.48. The van der Waals surface area contributed by atoms with Gasteiger partial charge in [-0.15, -0.1) is 0 Å². The minimum atomic E-state index is -3.05. The van der Waals surface area contributed by atoms with Crippen molar-refractivity contribution in [3.63, 3.8) is 0 Å². The first-order chi connectivity index (χ1) is 10.6. The van der Waals surface area contributed by atoms with E-state index >= 15 is 0 Å². The quantitative estimate of drug-likeness (QED) is 0.607. The van der Waals surface area contributed by atoms with Crippen LogP contribution in [0.2, 0.25) is 0 Å². The van der Waals surface area contributed by atoms with Gasteiger partial charge in [-0.3, -0.25) is 4.79 Å². The maximum absolute atomic E-state index is 12.6. The highest BCUT2D eigenvalue weighted by Gasteiger charge is 2.24. The summed E-state index contributed by atoms with van der Waals surface area (Å²) in [7, 11) is -0.226. The fourth-order valence-electron chi connectivity index (χ4n) is 1.99. The molecule has 0 saturated heterocycles. The largest absolute Gasteiger partial charge is 0.796 e. The van der Waals surface area contributed by atoms with Gasteiger partial charge in [0.2, 0.25) is 0 Å². The van der Waals surface area contributed by atoms with E-state index in [1.165, 1.54) is 32.4 Å². The van der Waals surface area contributed by atoms with Crippen LogP contribution in [0.25, 0.3) is 0 Å². The zero-order valence-electron chi connectivity index (χ0n) is 12.0. The summed E-state index contributed by atoms with van der Waals surface area (Å²) in [5, 5.41) is 0. The fraction of sp³-hybridized carbons (Fsp3) is 0.133. The van der Waals surface area contributed by atoms with Crippen LogP contribution in [0.3, 0.4) is 0 Å². The van der Waals surface area contributed by atoms with Crippen LogP contribution >= 0.6 is 0 Å². The zero-order valence-corrected chi connectivity index (χ0v) is 12.0. The fourth-order valence-corrected chi connectivity index (χ4v) is 1.99. The summed E-state index contributed by atoms with van der Waals surface area (Å²) < 4.78 is 39.6. The monoisotopic (exact) mass is 306 g/mol. The number of hydrogen-bond acceptors (Lipinski definition) is 4. The van der Waals surface area contributed by atoms with Gasteiger partial charge in [-0.2, -0.15) is 0 Å².